The van der Waals surface area contributed by atoms with Crippen LogP contribution >= 0.6 is 0 Å². The van der Waals surface area contributed by atoms with Crippen LogP contribution in [0.5, 0.6) is 0 Å². The van der Waals surface area contributed by atoms with E-state index in [-0.39, 0.29) is 18.1 Å². The zero-order valence-corrected chi connectivity index (χ0v) is 19.8. The third kappa shape index (κ3) is 4.71. The molecule has 4 nitrogen and oxygen atoms in total. The highest BCUT2D eigenvalue weighted by molar-refractivity contribution is 5.95. The van der Waals surface area contributed by atoms with Gasteiger partial charge in [0.15, 0.2) is 0 Å². The number of aryl methyl sites for hydroxylation is 2. The van der Waals surface area contributed by atoms with Crippen molar-refractivity contribution in [2.24, 2.45) is 0 Å². The van der Waals surface area contributed by atoms with Gasteiger partial charge in [-0.3, -0.25) is 4.79 Å². The van der Waals surface area contributed by atoms with E-state index in [1.807, 2.05) is 95.2 Å². The van der Waals surface area contributed by atoms with Crippen molar-refractivity contribution in [1.29, 1.82) is 0 Å². The van der Waals surface area contributed by atoms with Crippen molar-refractivity contribution in [1.82, 2.24) is 9.38 Å². The van der Waals surface area contributed by atoms with Gasteiger partial charge >= 0.3 is 0 Å². The van der Waals surface area contributed by atoms with Gasteiger partial charge in [0.1, 0.15) is 11.5 Å². The number of rotatable bonds is 6. The van der Waals surface area contributed by atoms with Crippen LogP contribution in [-0.2, 0) is 17.8 Å². The van der Waals surface area contributed by atoms with Gasteiger partial charge in [0.25, 0.3) is 0 Å². The Morgan fingerprint density at radius 3 is 2.34 bits per heavy atom. The first-order chi connectivity index (χ1) is 17.0. The van der Waals surface area contributed by atoms with Crippen molar-refractivity contribution in [2.45, 2.75) is 26.8 Å². The Balaban J connectivity index is 1.59. The first-order valence-electron chi connectivity index (χ1n) is 11.6. The Morgan fingerprint density at radius 1 is 0.914 bits per heavy atom. The summed E-state index contributed by atoms with van der Waals surface area (Å²) < 4.78 is 16.0. The lowest BCUT2D eigenvalue weighted by Gasteiger charge is -2.23. The summed E-state index contributed by atoms with van der Waals surface area (Å²) in [5.41, 5.74) is 6.52. The molecule has 2 heterocycles. The minimum absolute atomic E-state index is 0.0385. The van der Waals surface area contributed by atoms with Crippen molar-refractivity contribution in [3.05, 3.63) is 125 Å². The molecule has 0 spiro atoms. The van der Waals surface area contributed by atoms with E-state index in [1.165, 1.54) is 6.07 Å². The molecular formula is C30H26FN3O. The Bertz CT molecular complexity index is 1490. The number of carbonyl (C=O) groups excluding carboxylic acids is 1. The van der Waals surface area contributed by atoms with Crippen LogP contribution in [0.25, 0.3) is 16.9 Å². The number of anilines is 1. The van der Waals surface area contributed by atoms with Crippen LogP contribution in [0.15, 0.2) is 97.2 Å². The maximum atomic E-state index is 14.0. The molecule has 0 N–H and O–H groups in total. The molecule has 0 saturated carbocycles. The molecule has 174 valence electrons. The summed E-state index contributed by atoms with van der Waals surface area (Å²) in [6.45, 7) is 4.21. The summed E-state index contributed by atoms with van der Waals surface area (Å²) in [6, 6.07) is 28.6. The highest BCUT2D eigenvalue weighted by Gasteiger charge is 2.22. The zero-order valence-electron chi connectivity index (χ0n) is 19.8. The normalized spacial score (nSPS) is 11.1. The number of para-hydroxylation sites is 1. The van der Waals surface area contributed by atoms with Gasteiger partial charge in [-0.15, -0.1) is 0 Å². The maximum Gasteiger partial charge on any atom is 0.233 e. The molecule has 1 amide bonds. The van der Waals surface area contributed by atoms with E-state index >= 15 is 0 Å². The minimum Gasteiger partial charge on any atom is -0.308 e. The van der Waals surface area contributed by atoms with Crippen LogP contribution in [0.3, 0.4) is 0 Å². The van der Waals surface area contributed by atoms with E-state index in [4.69, 9.17) is 4.98 Å². The van der Waals surface area contributed by atoms with Gasteiger partial charge in [0, 0.05) is 17.4 Å². The zero-order chi connectivity index (χ0) is 24.4. The molecular weight excluding hydrogens is 437 g/mol. The Kier molecular flexibility index (Phi) is 6.15. The SMILES string of the molecule is Cc1ccc2nc(-c3ccc(F)c(C)c3)c(CC(=O)N(Cc3ccccc3)c3ccccc3)n2c1. The van der Waals surface area contributed by atoms with Crippen LogP contribution in [0.1, 0.15) is 22.4 Å². The van der Waals surface area contributed by atoms with E-state index in [1.54, 1.807) is 19.1 Å². The number of fused-ring (bicyclic) bond motifs is 1. The lowest BCUT2D eigenvalue weighted by molar-refractivity contribution is -0.118. The molecule has 0 aliphatic rings. The summed E-state index contributed by atoms with van der Waals surface area (Å²) in [5, 5.41) is 0. The van der Waals surface area contributed by atoms with E-state index in [0.717, 1.165) is 33.7 Å². The standard InChI is InChI=1S/C30H26FN3O/c1-21-13-16-28-32-30(24-14-15-26(31)22(2)17-24)27(34(28)19-21)18-29(35)33(25-11-7-4-8-12-25)20-23-9-5-3-6-10-23/h3-17,19H,18,20H2,1-2H3. The molecule has 5 heteroatoms. The Morgan fingerprint density at radius 2 is 1.63 bits per heavy atom. The second kappa shape index (κ2) is 9.55. The largest absolute Gasteiger partial charge is 0.308 e. The van der Waals surface area contributed by atoms with Crippen LogP contribution in [0, 0.1) is 19.7 Å². The van der Waals surface area contributed by atoms with Crippen LogP contribution < -0.4 is 4.90 Å². The maximum absolute atomic E-state index is 14.0. The topological polar surface area (TPSA) is 37.6 Å². The van der Waals surface area contributed by atoms with Gasteiger partial charge in [-0.1, -0.05) is 54.6 Å². The summed E-state index contributed by atoms with van der Waals surface area (Å²) in [4.78, 5) is 20.5. The molecule has 3 aromatic carbocycles. The molecule has 0 radical (unpaired) electrons. The van der Waals surface area contributed by atoms with Gasteiger partial charge in [-0.2, -0.15) is 0 Å². The third-order valence-electron chi connectivity index (χ3n) is 6.17. The number of aromatic nitrogens is 2. The quantitative estimate of drug-likeness (QED) is 0.287. The number of nitrogens with zero attached hydrogens (tertiary/aromatic N) is 3. The number of carbonyl (C=O) groups is 1. The van der Waals surface area contributed by atoms with Gasteiger partial charge in [0.2, 0.25) is 5.91 Å². The van der Waals surface area contributed by atoms with E-state index < -0.39 is 0 Å². The first-order valence-corrected chi connectivity index (χ1v) is 11.6. The molecule has 2 aromatic heterocycles. The molecule has 35 heavy (non-hydrogen) atoms. The fourth-order valence-corrected chi connectivity index (χ4v) is 4.33. The molecule has 0 bridgehead atoms. The first kappa shape index (κ1) is 22.5. The van der Waals surface area contributed by atoms with Crippen LogP contribution in [-0.4, -0.2) is 15.3 Å². The van der Waals surface area contributed by atoms with E-state index in [2.05, 4.69) is 0 Å². The lowest BCUT2D eigenvalue weighted by Crippen LogP contribution is -2.32. The second-order valence-electron chi connectivity index (χ2n) is 8.78. The molecule has 0 unspecified atom stereocenters. The van der Waals surface area contributed by atoms with E-state index in [0.29, 0.717) is 17.8 Å². The van der Waals surface area contributed by atoms with E-state index in [9.17, 15) is 9.18 Å². The Hall–Kier alpha value is -4.25. The molecule has 0 atom stereocenters. The summed E-state index contributed by atoms with van der Waals surface area (Å²) in [7, 11) is 0. The molecule has 0 aliphatic carbocycles. The summed E-state index contributed by atoms with van der Waals surface area (Å²) in [5.74, 6) is -0.299. The van der Waals surface area contributed by atoms with Crippen molar-refractivity contribution in [3.8, 4) is 11.3 Å². The average Bonchev–Trinajstić information content (AvgIpc) is 3.22. The number of imidazole rings is 1. The van der Waals surface area contributed by atoms with Gasteiger partial charge in [-0.25, -0.2) is 9.37 Å². The number of amides is 1. The number of halogens is 1. The monoisotopic (exact) mass is 463 g/mol. The number of hydrogen-bond donors (Lipinski definition) is 0. The smallest absolute Gasteiger partial charge is 0.233 e. The molecule has 0 saturated heterocycles. The number of benzene rings is 3. The molecule has 0 aliphatic heterocycles. The van der Waals surface area contributed by atoms with Crippen molar-refractivity contribution in [2.75, 3.05) is 4.90 Å². The number of hydrogen-bond acceptors (Lipinski definition) is 2. The van der Waals surface area contributed by atoms with Gasteiger partial charge in [-0.05, 0) is 66.9 Å². The van der Waals surface area contributed by atoms with Crippen molar-refractivity contribution < 1.29 is 9.18 Å². The van der Waals surface area contributed by atoms with Crippen LogP contribution in [0.4, 0.5) is 10.1 Å². The summed E-state index contributed by atoms with van der Waals surface area (Å²) in [6.07, 6.45) is 2.15. The van der Waals surface area contributed by atoms with Gasteiger partial charge in [0.05, 0.1) is 24.4 Å². The Labute approximate surface area is 204 Å². The average molecular weight is 464 g/mol. The highest BCUT2D eigenvalue weighted by Crippen LogP contribution is 2.28. The van der Waals surface area contributed by atoms with Crippen LogP contribution in [0.2, 0.25) is 0 Å². The minimum atomic E-state index is -0.260. The fourth-order valence-electron chi connectivity index (χ4n) is 4.33. The molecule has 5 rings (SSSR count). The second-order valence-corrected chi connectivity index (χ2v) is 8.78. The highest BCUT2D eigenvalue weighted by atomic mass is 19.1. The third-order valence-corrected chi connectivity index (χ3v) is 6.17. The lowest BCUT2D eigenvalue weighted by atomic mass is 10.0. The van der Waals surface area contributed by atoms with Crippen molar-refractivity contribution >= 4 is 17.2 Å². The predicted octanol–water partition coefficient (Wildman–Crippen LogP) is 6.53. The van der Waals surface area contributed by atoms with Crippen molar-refractivity contribution in [3.63, 3.8) is 0 Å². The number of pyridine rings is 1. The fraction of sp³-hybridized carbons (Fsp3) is 0.133. The summed E-state index contributed by atoms with van der Waals surface area (Å²) >= 11 is 0. The predicted molar refractivity (Wildman–Crippen MR) is 138 cm³/mol. The molecule has 0 fully saturated rings. The van der Waals surface area contributed by atoms with Gasteiger partial charge < -0.3 is 9.30 Å². The molecule has 5 aromatic rings.